The van der Waals surface area contributed by atoms with Gasteiger partial charge in [0.05, 0.1) is 17.3 Å². The summed E-state index contributed by atoms with van der Waals surface area (Å²) < 4.78 is 1.02. The summed E-state index contributed by atoms with van der Waals surface area (Å²) >= 11 is 3.37. The van der Waals surface area contributed by atoms with Crippen molar-refractivity contribution >= 4 is 27.8 Å². The molecule has 2 rings (SSSR count). The highest BCUT2D eigenvalue weighted by atomic mass is 79.9. The Balaban J connectivity index is 2.26. The van der Waals surface area contributed by atoms with Crippen molar-refractivity contribution < 1.29 is 0 Å². The largest absolute Gasteiger partial charge is 0.256 e. The van der Waals surface area contributed by atoms with Crippen LogP contribution < -0.4 is 0 Å². The summed E-state index contributed by atoms with van der Waals surface area (Å²) in [6.07, 6.45) is 1.71. The molecule has 0 radical (unpaired) electrons. The molecule has 0 aliphatic rings. The fourth-order valence-corrected chi connectivity index (χ4v) is 1.65. The minimum atomic E-state index is 0.633. The van der Waals surface area contributed by atoms with E-state index in [9.17, 15) is 0 Å². The third-order valence-corrected chi connectivity index (χ3v) is 2.79. The number of nitrogens with zero attached hydrogens (tertiary/aromatic N) is 2. The van der Waals surface area contributed by atoms with Crippen LogP contribution in [0.15, 0.2) is 58.0 Å². The first-order valence-electron chi connectivity index (χ1n) is 5.08. The van der Waals surface area contributed by atoms with E-state index < -0.39 is 0 Å². The zero-order valence-corrected chi connectivity index (χ0v) is 10.6. The van der Waals surface area contributed by atoms with Crippen molar-refractivity contribution in [2.75, 3.05) is 0 Å². The van der Waals surface area contributed by atoms with Gasteiger partial charge in [0.15, 0.2) is 0 Å². The predicted octanol–water partition coefficient (Wildman–Crippen LogP) is 4.07. The third kappa shape index (κ3) is 3.02. The Kier molecular flexibility index (Phi) is 3.69. The van der Waals surface area contributed by atoms with Gasteiger partial charge in [-0.3, -0.25) is 4.99 Å². The molecule has 0 heterocycles. The first kappa shape index (κ1) is 11.6. The highest BCUT2D eigenvalue weighted by Crippen LogP contribution is 2.17. The van der Waals surface area contributed by atoms with E-state index in [2.05, 4.69) is 27.0 Å². The summed E-state index contributed by atoms with van der Waals surface area (Å²) in [4.78, 5) is 4.33. The zero-order chi connectivity index (χ0) is 12.1. The van der Waals surface area contributed by atoms with Crippen molar-refractivity contribution in [3.8, 4) is 6.07 Å². The van der Waals surface area contributed by atoms with E-state index in [0.717, 1.165) is 15.7 Å². The number of hydrogen-bond donors (Lipinski definition) is 0. The Morgan fingerprint density at radius 3 is 2.47 bits per heavy atom. The van der Waals surface area contributed by atoms with Crippen LogP contribution >= 0.6 is 15.9 Å². The number of nitriles is 1. The summed E-state index contributed by atoms with van der Waals surface area (Å²) in [6, 6.07) is 17.2. The zero-order valence-electron chi connectivity index (χ0n) is 8.97. The summed E-state index contributed by atoms with van der Waals surface area (Å²) in [5.41, 5.74) is 2.33. The van der Waals surface area contributed by atoms with Gasteiger partial charge < -0.3 is 0 Å². The van der Waals surface area contributed by atoms with Gasteiger partial charge in [0.2, 0.25) is 0 Å². The number of hydrogen-bond acceptors (Lipinski definition) is 2. The first-order valence-corrected chi connectivity index (χ1v) is 5.87. The van der Waals surface area contributed by atoms with Gasteiger partial charge in [-0.05, 0) is 30.3 Å². The maximum atomic E-state index is 8.93. The highest BCUT2D eigenvalue weighted by molar-refractivity contribution is 9.10. The molecule has 0 N–H and O–H groups in total. The standard InChI is InChI=1S/C14H9BrN2/c15-13-5-7-14(8-6-13)17-10-12-4-2-1-3-11(12)9-16/h1-8,10H/b17-10+. The van der Waals surface area contributed by atoms with Crippen LogP contribution in [0.1, 0.15) is 11.1 Å². The monoisotopic (exact) mass is 284 g/mol. The molecular weight excluding hydrogens is 276 g/mol. The number of rotatable bonds is 2. The Hall–Kier alpha value is -1.92. The van der Waals surface area contributed by atoms with E-state index in [4.69, 9.17) is 5.26 Å². The summed E-state index contributed by atoms with van der Waals surface area (Å²) in [5.74, 6) is 0. The lowest BCUT2D eigenvalue weighted by molar-refractivity contribution is 1.46. The van der Waals surface area contributed by atoms with Gasteiger partial charge in [-0.1, -0.05) is 34.1 Å². The molecule has 0 fully saturated rings. The Bertz CT molecular complexity index is 580. The molecule has 0 amide bonds. The van der Waals surface area contributed by atoms with Crippen LogP contribution in [0, 0.1) is 11.3 Å². The maximum Gasteiger partial charge on any atom is 0.0998 e. The lowest BCUT2D eigenvalue weighted by Gasteiger charge is -1.96. The molecule has 0 aliphatic carbocycles. The van der Waals surface area contributed by atoms with Crippen molar-refractivity contribution in [3.63, 3.8) is 0 Å². The lowest BCUT2D eigenvalue weighted by Crippen LogP contribution is -1.86. The van der Waals surface area contributed by atoms with E-state index in [1.807, 2.05) is 42.5 Å². The Morgan fingerprint density at radius 1 is 1.06 bits per heavy atom. The van der Waals surface area contributed by atoms with Gasteiger partial charge >= 0.3 is 0 Å². The summed E-state index contributed by atoms with van der Waals surface area (Å²) in [5, 5.41) is 8.93. The number of halogens is 1. The van der Waals surface area contributed by atoms with Crippen LogP contribution in [0.3, 0.4) is 0 Å². The molecule has 0 aromatic heterocycles. The molecule has 0 unspecified atom stereocenters. The van der Waals surface area contributed by atoms with E-state index in [1.54, 1.807) is 12.3 Å². The molecule has 0 atom stereocenters. The van der Waals surface area contributed by atoms with Crippen molar-refractivity contribution in [2.45, 2.75) is 0 Å². The van der Waals surface area contributed by atoms with Gasteiger partial charge in [-0.15, -0.1) is 0 Å². The first-order chi connectivity index (χ1) is 8.29. The third-order valence-electron chi connectivity index (χ3n) is 2.26. The SMILES string of the molecule is N#Cc1ccccc1/C=N/c1ccc(Br)cc1. The second-order valence-corrected chi connectivity index (χ2v) is 4.35. The summed E-state index contributed by atoms with van der Waals surface area (Å²) in [6.45, 7) is 0. The van der Waals surface area contributed by atoms with Crippen LogP contribution in [0.25, 0.3) is 0 Å². The molecule has 2 aromatic rings. The molecule has 82 valence electrons. The van der Waals surface area contributed by atoms with Gasteiger partial charge in [0, 0.05) is 16.3 Å². The molecule has 0 bridgehead atoms. The minimum absolute atomic E-state index is 0.633. The van der Waals surface area contributed by atoms with Crippen LogP contribution in [0.2, 0.25) is 0 Å². The van der Waals surface area contributed by atoms with Gasteiger partial charge in [-0.2, -0.15) is 5.26 Å². The fraction of sp³-hybridized carbons (Fsp3) is 0. The second-order valence-electron chi connectivity index (χ2n) is 3.43. The maximum absolute atomic E-state index is 8.93. The second kappa shape index (κ2) is 5.42. The number of benzene rings is 2. The van der Waals surface area contributed by atoms with E-state index in [1.165, 1.54) is 0 Å². The molecule has 0 saturated heterocycles. The van der Waals surface area contributed by atoms with E-state index >= 15 is 0 Å². The molecule has 2 aromatic carbocycles. The Labute approximate surface area is 108 Å². The Morgan fingerprint density at radius 2 is 1.76 bits per heavy atom. The molecule has 17 heavy (non-hydrogen) atoms. The molecule has 0 saturated carbocycles. The minimum Gasteiger partial charge on any atom is -0.256 e. The average molecular weight is 285 g/mol. The average Bonchev–Trinajstić information content (AvgIpc) is 2.38. The van der Waals surface area contributed by atoms with Crippen molar-refractivity contribution in [1.29, 1.82) is 5.26 Å². The normalized spacial score (nSPS) is 10.4. The van der Waals surface area contributed by atoms with Crippen LogP contribution in [-0.2, 0) is 0 Å². The van der Waals surface area contributed by atoms with Gasteiger partial charge in [0.1, 0.15) is 0 Å². The van der Waals surface area contributed by atoms with Crippen molar-refractivity contribution in [3.05, 3.63) is 64.1 Å². The van der Waals surface area contributed by atoms with E-state index in [-0.39, 0.29) is 0 Å². The van der Waals surface area contributed by atoms with Crippen LogP contribution in [-0.4, -0.2) is 6.21 Å². The van der Waals surface area contributed by atoms with E-state index in [0.29, 0.717) is 5.56 Å². The van der Waals surface area contributed by atoms with Crippen molar-refractivity contribution in [2.24, 2.45) is 4.99 Å². The molecule has 0 spiro atoms. The molecule has 0 aliphatic heterocycles. The molecular formula is C14H9BrN2. The van der Waals surface area contributed by atoms with Crippen LogP contribution in [0.4, 0.5) is 5.69 Å². The quantitative estimate of drug-likeness (QED) is 0.766. The fourth-order valence-electron chi connectivity index (χ4n) is 1.38. The molecule has 3 heteroatoms. The van der Waals surface area contributed by atoms with Gasteiger partial charge in [-0.25, -0.2) is 0 Å². The van der Waals surface area contributed by atoms with Gasteiger partial charge in [0.25, 0.3) is 0 Å². The highest BCUT2D eigenvalue weighted by Gasteiger charge is 1.96. The van der Waals surface area contributed by atoms with Crippen molar-refractivity contribution in [1.82, 2.24) is 0 Å². The smallest absolute Gasteiger partial charge is 0.0998 e. The number of aliphatic imine (C=N–C) groups is 1. The predicted molar refractivity (Wildman–Crippen MR) is 72.6 cm³/mol. The molecule has 2 nitrogen and oxygen atoms in total. The summed E-state index contributed by atoms with van der Waals surface area (Å²) in [7, 11) is 0. The lowest BCUT2D eigenvalue weighted by atomic mass is 10.1. The topological polar surface area (TPSA) is 36.1 Å². The van der Waals surface area contributed by atoms with Crippen LogP contribution in [0.5, 0.6) is 0 Å².